The summed E-state index contributed by atoms with van der Waals surface area (Å²) in [5.74, 6) is 1.24. The summed E-state index contributed by atoms with van der Waals surface area (Å²) >= 11 is 6.23. The number of benzene rings is 1. The lowest BCUT2D eigenvalue weighted by Crippen LogP contribution is -2.15. The smallest absolute Gasteiger partial charge is 0.179 e. The molecule has 16 heavy (non-hydrogen) atoms. The van der Waals surface area contributed by atoms with Gasteiger partial charge >= 0.3 is 0 Å². The molecule has 4 heteroatoms. The number of ether oxygens (including phenoxy) is 2. The van der Waals surface area contributed by atoms with Gasteiger partial charge in [0.1, 0.15) is 0 Å². The fraction of sp³-hybridized carbons (Fsp3) is 0.500. The summed E-state index contributed by atoms with van der Waals surface area (Å²) in [5.41, 5.74) is 6.76. The van der Waals surface area contributed by atoms with Crippen molar-refractivity contribution in [3.63, 3.8) is 0 Å². The first-order valence-electron chi connectivity index (χ1n) is 5.25. The molecule has 1 aromatic rings. The summed E-state index contributed by atoms with van der Waals surface area (Å²) < 4.78 is 10.4. The molecule has 1 aromatic carbocycles. The maximum Gasteiger partial charge on any atom is 0.179 e. The lowest BCUT2D eigenvalue weighted by molar-refractivity contribution is 0.354. The Labute approximate surface area is 101 Å². The van der Waals surface area contributed by atoms with Crippen molar-refractivity contribution in [2.24, 2.45) is 5.73 Å². The Balaban J connectivity index is 2.95. The second-order valence-electron chi connectivity index (χ2n) is 3.79. The monoisotopic (exact) mass is 243 g/mol. The predicted octanol–water partition coefficient (Wildman–Crippen LogP) is 2.64. The van der Waals surface area contributed by atoms with Gasteiger partial charge in [-0.25, -0.2) is 0 Å². The van der Waals surface area contributed by atoms with Crippen LogP contribution in [0.1, 0.15) is 18.9 Å². The molecule has 0 radical (unpaired) electrons. The first kappa shape index (κ1) is 13.1. The highest BCUT2D eigenvalue weighted by molar-refractivity contribution is 6.33. The van der Waals surface area contributed by atoms with E-state index < -0.39 is 0 Å². The van der Waals surface area contributed by atoms with Crippen molar-refractivity contribution < 1.29 is 9.47 Å². The van der Waals surface area contributed by atoms with Gasteiger partial charge in [0.05, 0.1) is 19.2 Å². The average molecular weight is 244 g/mol. The summed E-state index contributed by atoms with van der Waals surface area (Å²) in [5, 5.41) is 0.613. The molecule has 0 saturated carbocycles. The molecule has 90 valence electrons. The molecule has 1 rings (SSSR count). The van der Waals surface area contributed by atoms with E-state index in [1.807, 2.05) is 19.1 Å². The molecule has 1 atom stereocenters. The van der Waals surface area contributed by atoms with Gasteiger partial charge in [0.15, 0.2) is 11.5 Å². The maximum absolute atomic E-state index is 6.23. The van der Waals surface area contributed by atoms with Crippen molar-refractivity contribution in [1.29, 1.82) is 0 Å². The summed E-state index contributed by atoms with van der Waals surface area (Å²) in [6.45, 7) is 1.98. The van der Waals surface area contributed by atoms with Gasteiger partial charge in [-0.3, -0.25) is 0 Å². The van der Waals surface area contributed by atoms with E-state index in [9.17, 15) is 0 Å². The van der Waals surface area contributed by atoms with E-state index in [0.717, 1.165) is 18.4 Å². The first-order valence-corrected chi connectivity index (χ1v) is 5.62. The Morgan fingerprint density at radius 3 is 2.50 bits per heavy atom. The van der Waals surface area contributed by atoms with E-state index in [-0.39, 0.29) is 6.04 Å². The fourth-order valence-electron chi connectivity index (χ4n) is 1.51. The number of rotatable bonds is 5. The number of hydrogen-bond donors (Lipinski definition) is 1. The lowest BCUT2D eigenvalue weighted by Gasteiger charge is -2.13. The zero-order valence-electron chi connectivity index (χ0n) is 9.92. The van der Waals surface area contributed by atoms with Crippen LogP contribution in [0.15, 0.2) is 12.1 Å². The van der Waals surface area contributed by atoms with Gasteiger partial charge in [0.2, 0.25) is 0 Å². The van der Waals surface area contributed by atoms with Crippen molar-refractivity contribution >= 4 is 11.6 Å². The van der Waals surface area contributed by atoms with Crippen LogP contribution in [0.25, 0.3) is 0 Å². The lowest BCUT2D eigenvalue weighted by atomic mass is 10.1. The molecule has 0 fully saturated rings. The molecular formula is C12H18ClNO2. The molecule has 2 N–H and O–H groups in total. The van der Waals surface area contributed by atoms with E-state index >= 15 is 0 Å². The largest absolute Gasteiger partial charge is 0.493 e. The highest BCUT2D eigenvalue weighted by Crippen LogP contribution is 2.37. The summed E-state index contributed by atoms with van der Waals surface area (Å²) in [6, 6.07) is 3.98. The third-order valence-corrected chi connectivity index (χ3v) is 2.85. The molecule has 0 aliphatic rings. The van der Waals surface area contributed by atoms with Gasteiger partial charge in [-0.2, -0.15) is 0 Å². The second kappa shape index (κ2) is 5.97. The number of hydrogen-bond acceptors (Lipinski definition) is 3. The number of methoxy groups -OCH3 is 2. The molecule has 0 saturated heterocycles. The SMILES string of the molecule is COc1ccc(CCC(C)N)c(Cl)c1OC. The van der Waals surface area contributed by atoms with Crippen LogP contribution < -0.4 is 15.2 Å². The fourth-order valence-corrected chi connectivity index (χ4v) is 1.83. The van der Waals surface area contributed by atoms with Crippen LogP contribution in [0.5, 0.6) is 11.5 Å². The minimum absolute atomic E-state index is 0.171. The molecule has 0 aliphatic carbocycles. The van der Waals surface area contributed by atoms with Crippen molar-refractivity contribution in [1.82, 2.24) is 0 Å². The molecule has 0 bridgehead atoms. The Morgan fingerprint density at radius 2 is 2.00 bits per heavy atom. The quantitative estimate of drug-likeness (QED) is 0.865. The minimum Gasteiger partial charge on any atom is -0.493 e. The Kier molecular flexibility index (Phi) is 4.90. The van der Waals surface area contributed by atoms with E-state index in [0.29, 0.717) is 16.5 Å². The highest BCUT2D eigenvalue weighted by atomic mass is 35.5. The topological polar surface area (TPSA) is 44.5 Å². The first-order chi connectivity index (χ1) is 7.60. The molecule has 0 aliphatic heterocycles. The van der Waals surface area contributed by atoms with Crippen molar-refractivity contribution in [2.45, 2.75) is 25.8 Å². The van der Waals surface area contributed by atoms with Crippen LogP contribution in [-0.2, 0) is 6.42 Å². The van der Waals surface area contributed by atoms with Gasteiger partial charge in [0.25, 0.3) is 0 Å². The third kappa shape index (κ3) is 3.03. The minimum atomic E-state index is 0.171. The standard InChI is InChI=1S/C12H18ClNO2/c1-8(14)4-5-9-6-7-10(15-2)12(16-3)11(9)13/h6-8H,4-5,14H2,1-3H3. The zero-order valence-corrected chi connectivity index (χ0v) is 10.7. The Bertz CT molecular complexity index is 353. The Hall–Kier alpha value is -0.930. The van der Waals surface area contributed by atoms with Gasteiger partial charge < -0.3 is 15.2 Å². The molecule has 1 unspecified atom stereocenters. The van der Waals surface area contributed by atoms with Crippen LogP contribution in [-0.4, -0.2) is 20.3 Å². The zero-order chi connectivity index (χ0) is 12.1. The van der Waals surface area contributed by atoms with E-state index in [1.54, 1.807) is 14.2 Å². The average Bonchev–Trinajstić information content (AvgIpc) is 2.26. The summed E-state index contributed by atoms with van der Waals surface area (Å²) in [6.07, 6.45) is 1.74. The van der Waals surface area contributed by atoms with Crippen molar-refractivity contribution in [2.75, 3.05) is 14.2 Å². The molecule has 0 amide bonds. The van der Waals surface area contributed by atoms with Crippen LogP contribution >= 0.6 is 11.6 Å². The van der Waals surface area contributed by atoms with E-state index in [2.05, 4.69) is 0 Å². The summed E-state index contributed by atoms with van der Waals surface area (Å²) in [4.78, 5) is 0. The van der Waals surface area contributed by atoms with Gasteiger partial charge in [-0.15, -0.1) is 0 Å². The van der Waals surface area contributed by atoms with E-state index in [1.165, 1.54) is 0 Å². The van der Waals surface area contributed by atoms with Crippen LogP contribution in [0.2, 0.25) is 5.02 Å². The van der Waals surface area contributed by atoms with Crippen LogP contribution in [0.3, 0.4) is 0 Å². The third-order valence-electron chi connectivity index (χ3n) is 2.43. The second-order valence-corrected chi connectivity index (χ2v) is 4.17. The van der Waals surface area contributed by atoms with Crippen molar-refractivity contribution in [3.8, 4) is 11.5 Å². The predicted molar refractivity (Wildman–Crippen MR) is 66.5 cm³/mol. The van der Waals surface area contributed by atoms with Gasteiger partial charge in [-0.05, 0) is 31.4 Å². The van der Waals surface area contributed by atoms with Crippen molar-refractivity contribution in [3.05, 3.63) is 22.7 Å². The highest BCUT2D eigenvalue weighted by Gasteiger charge is 2.12. The maximum atomic E-state index is 6.23. The molecule has 0 spiro atoms. The van der Waals surface area contributed by atoms with Gasteiger partial charge in [-0.1, -0.05) is 17.7 Å². The number of halogens is 1. The summed E-state index contributed by atoms with van der Waals surface area (Å²) in [7, 11) is 3.18. The number of nitrogens with two attached hydrogens (primary N) is 1. The molecule has 3 nitrogen and oxygen atoms in total. The number of aryl methyl sites for hydroxylation is 1. The molecule has 0 heterocycles. The van der Waals surface area contributed by atoms with E-state index in [4.69, 9.17) is 26.8 Å². The molecule has 0 aromatic heterocycles. The Morgan fingerprint density at radius 1 is 1.31 bits per heavy atom. The van der Waals surface area contributed by atoms with Crippen LogP contribution in [0.4, 0.5) is 0 Å². The molecular weight excluding hydrogens is 226 g/mol. The van der Waals surface area contributed by atoms with Crippen LogP contribution in [0, 0.1) is 0 Å². The van der Waals surface area contributed by atoms with Gasteiger partial charge in [0, 0.05) is 6.04 Å². The normalized spacial score (nSPS) is 12.3.